The molecule has 192 valence electrons. The molecule has 1 amide bonds. The number of ether oxygens (including phenoxy) is 3. The number of carbonyl (C=O) groups is 1. The van der Waals surface area contributed by atoms with Gasteiger partial charge in [0.2, 0.25) is 0 Å². The summed E-state index contributed by atoms with van der Waals surface area (Å²) in [6, 6.07) is 10.4. The van der Waals surface area contributed by atoms with Gasteiger partial charge < -0.3 is 24.4 Å². The maximum Gasteiger partial charge on any atom is 0.410 e. The zero-order valence-electron chi connectivity index (χ0n) is 20.8. The Balaban J connectivity index is 1.42. The van der Waals surface area contributed by atoms with Gasteiger partial charge in [-0.05, 0) is 69.9 Å². The Bertz CT molecular complexity index is 1240. The number of carbonyl (C=O) groups excluding carboxylic acids is 1. The van der Waals surface area contributed by atoms with Crippen LogP contribution >= 0.6 is 15.9 Å². The Kier molecular flexibility index (Phi) is 7.82. The lowest BCUT2D eigenvalue weighted by Gasteiger charge is -2.33. The van der Waals surface area contributed by atoms with Crippen LogP contribution in [0, 0.1) is 11.7 Å². The summed E-state index contributed by atoms with van der Waals surface area (Å²) in [7, 11) is 1.48. The summed E-state index contributed by atoms with van der Waals surface area (Å²) in [5.74, 6) is 1.02. The predicted molar refractivity (Wildman–Crippen MR) is 139 cm³/mol. The molecule has 1 saturated heterocycles. The summed E-state index contributed by atoms with van der Waals surface area (Å²) in [5, 5.41) is 3.74. The van der Waals surface area contributed by atoms with Crippen molar-refractivity contribution >= 4 is 44.4 Å². The lowest BCUT2D eigenvalue weighted by Crippen LogP contribution is -2.42. The van der Waals surface area contributed by atoms with E-state index < -0.39 is 11.4 Å². The summed E-state index contributed by atoms with van der Waals surface area (Å²) in [4.78, 5) is 22.8. The number of nitrogens with one attached hydrogen (secondary N) is 1. The first-order chi connectivity index (χ1) is 17.1. The fourth-order valence-electron chi connectivity index (χ4n) is 3.91. The number of fused-ring (bicyclic) bond motifs is 1. The van der Waals surface area contributed by atoms with Crippen molar-refractivity contribution in [3.8, 4) is 11.8 Å². The van der Waals surface area contributed by atoms with Crippen LogP contribution in [0.15, 0.2) is 40.9 Å². The average Bonchev–Trinajstić information content (AvgIpc) is 2.83. The Labute approximate surface area is 218 Å². The second-order valence-corrected chi connectivity index (χ2v) is 10.6. The van der Waals surface area contributed by atoms with Crippen molar-refractivity contribution in [3.05, 3.63) is 46.7 Å². The van der Waals surface area contributed by atoms with E-state index >= 15 is 0 Å². The first-order valence-corrected chi connectivity index (χ1v) is 12.6. The van der Waals surface area contributed by atoms with Crippen molar-refractivity contribution in [2.75, 3.05) is 32.1 Å². The molecule has 0 atom stereocenters. The Hall–Kier alpha value is -3.14. The zero-order valence-corrected chi connectivity index (χ0v) is 22.4. The number of anilines is 2. The molecule has 4 rings (SSSR count). The van der Waals surface area contributed by atoms with Gasteiger partial charge in [0, 0.05) is 29.0 Å². The summed E-state index contributed by atoms with van der Waals surface area (Å²) < 4.78 is 31.8. The third-order valence-electron chi connectivity index (χ3n) is 5.77. The van der Waals surface area contributed by atoms with Crippen LogP contribution < -0.4 is 14.8 Å². The van der Waals surface area contributed by atoms with Gasteiger partial charge in [0.05, 0.1) is 24.9 Å². The highest BCUT2D eigenvalue weighted by Crippen LogP contribution is 2.31. The number of piperidine rings is 1. The monoisotopic (exact) mass is 560 g/mol. The van der Waals surface area contributed by atoms with Crippen molar-refractivity contribution < 1.29 is 23.4 Å². The lowest BCUT2D eigenvalue weighted by molar-refractivity contribution is 0.0165. The number of hydrogen-bond donors (Lipinski definition) is 1. The molecule has 2 aromatic carbocycles. The molecule has 3 aromatic rings. The van der Waals surface area contributed by atoms with Gasteiger partial charge in [0.25, 0.3) is 0 Å². The Morgan fingerprint density at radius 3 is 2.58 bits per heavy atom. The number of aromatic nitrogens is 2. The maximum atomic E-state index is 14.4. The molecular formula is C26H30BrFN4O4. The van der Waals surface area contributed by atoms with E-state index in [1.807, 2.05) is 39.0 Å². The van der Waals surface area contributed by atoms with Crippen LogP contribution in [0.1, 0.15) is 33.6 Å². The molecule has 0 unspecified atom stereocenters. The molecule has 0 bridgehead atoms. The smallest absolute Gasteiger partial charge is 0.410 e. The van der Waals surface area contributed by atoms with Gasteiger partial charge in [-0.3, -0.25) is 0 Å². The van der Waals surface area contributed by atoms with E-state index in [0.717, 1.165) is 12.8 Å². The molecule has 1 aliphatic heterocycles. The van der Waals surface area contributed by atoms with Crippen LogP contribution in [0.3, 0.4) is 0 Å². The van der Waals surface area contributed by atoms with Crippen molar-refractivity contribution in [1.29, 1.82) is 0 Å². The highest BCUT2D eigenvalue weighted by molar-refractivity contribution is 9.10. The second-order valence-electron chi connectivity index (χ2n) is 9.71. The van der Waals surface area contributed by atoms with Gasteiger partial charge in [0.1, 0.15) is 23.0 Å². The molecule has 1 fully saturated rings. The number of benzene rings is 2. The van der Waals surface area contributed by atoms with Gasteiger partial charge in [0.15, 0.2) is 0 Å². The van der Waals surface area contributed by atoms with E-state index in [-0.39, 0.29) is 12.1 Å². The van der Waals surface area contributed by atoms with Crippen LogP contribution in [-0.2, 0) is 4.74 Å². The van der Waals surface area contributed by atoms with E-state index in [2.05, 4.69) is 31.2 Å². The molecule has 36 heavy (non-hydrogen) atoms. The number of likely N-dealkylation sites (tertiary alicyclic amines) is 1. The van der Waals surface area contributed by atoms with E-state index in [0.29, 0.717) is 58.2 Å². The van der Waals surface area contributed by atoms with Crippen LogP contribution in [0.25, 0.3) is 10.9 Å². The number of methoxy groups -OCH3 is 1. The molecule has 1 N–H and O–H groups in total. The van der Waals surface area contributed by atoms with E-state index in [1.54, 1.807) is 17.0 Å². The van der Waals surface area contributed by atoms with E-state index in [9.17, 15) is 9.18 Å². The number of nitrogens with zero attached hydrogens (tertiary/aromatic N) is 3. The van der Waals surface area contributed by atoms with Crippen molar-refractivity contribution in [2.45, 2.75) is 39.2 Å². The third-order valence-corrected chi connectivity index (χ3v) is 6.26. The molecule has 10 heteroatoms. The molecule has 0 radical (unpaired) electrons. The Morgan fingerprint density at radius 2 is 1.92 bits per heavy atom. The van der Waals surface area contributed by atoms with Gasteiger partial charge in [-0.25, -0.2) is 9.18 Å². The molecule has 1 aromatic heterocycles. The molecular weight excluding hydrogens is 531 g/mol. The van der Waals surface area contributed by atoms with Gasteiger partial charge >= 0.3 is 12.1 Å². The average molecular weight is 561 g/mol. The highest BCUT2D eigenvalue weighted by Gasteiger charge is 2.27. The van der Waals surface area contributed by atoms with Crippen LogP contribution in [0.4, 0.5) is 20.7 Å². The van der Waals surface area contributed by atoms with E-state index in [1.165, 1.54) is 13.2 Å². The SMILES string of the molecule is COc1nc(Nc2ccc(Br)cc2F)c2ccc(OCC3CCN(C(=O)OC(C)(C)C)CC3)cc2n1. The van der Waals surface area contributed by atoms with E-state index in [4.69, 9.17) is 14.2 Å². The largest absolute Gasteiger partial charge is 0.493 e. The number of amides is 1. The van der Waals surface area contributed by atoms with Crippen LogP contribution in [0.5, 0.6) is 11.8 Å². The zero-order chi connectivity index (χ0) is 25.9. The summed E-state index contributed by atoms with van der Waals surface area (Å²) in [6.45, 7) is 7.43. The third kappa shape index (κ3) is 6.54. The Morgan fingerprint density at radius 1 is 1.17 bits per heavy atom. The van der Waals surface area contributed by atoms with Crippen LogP contribution in [0.2, 0.25) is 0 Å². The minimum Gasteiger partial charge on any atom is -0.493 e. The number of hydrogen-bond acceptors (Lipinski definition) is 7. The quantitative estimate of drug-likeness (QED) is 0.378. The molecule has 8 nitrogen and oxygen atoms in total. The molecule has 0 spiro atoms. The van der Waals surface area contributed by atoms with Crippen molar-refractivity contribution in [2.24, 2.45) is 5.92 Å². The molecule has 0 aliphatic carbocycles. The highest BCUT2D eigenvalue weighted by atomic mass is 79.9. The summed E-state index contributed by atoms with van der Waals surface area (Å²) in [5.41, 5.74) is 0.402. The first kappa shape index (κ1) is 25.9. The van der Waals surface area contributed by atoms with Crippen molar-refractivity contribution in [1.82, 2.24) is 14.9 Å². The topological polar surface area (TPSA) is 85.8 Å². The molecule has 2 heterocycles. The predicted octanol–water partition coefficient (Wildman–Crippen LogP) is 6.31. The fourth-order valence-corrected chi connectivity index (χ4v) is 4.24. The number of rotatable bonds is 6. The van der Waals surface area contributed by atoms with Crippen molar-refractivity contribution in [3.63, 3.8) is 0 Å². The minimum absolute atomic E-state index is 0.161. The standard InChI is InChI=1S/C26H30BrFN4O4/c1-26(2,3)36-25(33)32-11-9-16(10-12-32)15-35-18-6-7-19-22(14-18)30-24(34-4)31-23(19)29-21-8-5-17(27)13-20(21)28/h5-8,13-14,16H,9-12,15H2,1-4H3,(H,29,30,31). The minimum atomic E-state index is -0.499. The normalized spacial score (nSPS) is 14.6. The summed E-state index contributed by atoms with van der Waals surface area (Å²) in [6.07, 6.45) is 1.42. The number of halogens is 2. The van der Waals surface area contributed by atoms with Gasteiger partial charge in [-0.15, -0.1) is 0 Å². The second kappa shape index (κ2) is 10.9. The maximum absolute atomic E-state index is 14.4. The molecule has 0 saturated carbocycles. The van der Waals surface area contributed by atoms with Gasteiger partial charge in [-0.2, -0.15) is 9.97 Å². The molecule has 1 aliphatic rings. The van der Waals surface area contributed by atoms with Gasteiger partial charge in [-0.1, -0.05) is 15.9 Å². The lowest BCUT2D eigenvalue weighted by atomic mass is 9.98. The first-order valence-electron chi connectivity index (χ1n) is 11.8. The summed E-state index contributed by atoms with van der Waals surface area (Å²) >= 11 is 3.26. The fraction of sp³-hybridized carbons (Fsp3) is 0.423. The van der Waals surface area contributed by atoms with Crippen LogP contribution in [-0.4, -0.2) is 53.4 Å².